The molecule has 8 heteroatoms. The van der Waals surface area contributed by atoms with Gasteiger partial charge in [-0.25, -0.2) is 4.79 Å². The van der Waals surface area contributed by atoms with Crippen molar-refractivity contribution in [3.05, 3.63) is 11.6 Å². The first-order valence-corrected chi connectivity index (χ1v) is 11.3. The molecule has 0 amide bonds. The van der Waals surface area contributed by atoms with E-state index in [1.807, 2.05) is 20.8 Å². The molecule has 2 aliphatic carbocycles. The summed E-state index contributed by atoms with van der Waals surface area (Å²) in [6.07, 6.45) is 1.94. The van der Waals surface area contributed by atoms with E-state index in [1.165, 1.54) is 20.8 Å². The van der Waals surface area contributed by atoms with Gasteiger partial charge in [0.05, 0.1) is 11.8 Å². The van der Waals surface area contributed by atoms with Crippen LogP contribution in [0.4, 0.5) is 0 Å². The molecule has 8 atom stereocenters. The summed E-state index contributed by atoms with van der Waals surface area (Å²) >= 11 is 0. The molecule has 3 aliphatic rings. The molecule has 8 nitrogen and oxygen atoms in total. The zero-order valence-electron chi connectivity index (χ0n) is 19.9. The van der Waals surface area contributed by atoms with Gasteiger partial charge in [0.1, 0.15) is 17.8 Å². The van der Waals surface area contributed by atoms with Crippen LogP contribution in [-0.4, -0.2) is 47.3 Å². The summed E-state index contributed by atoms with van der Waals surface area (Å²) in [7, 11) is 0. The maximum atomic E-state index is 13.0. The molecule has 0 N–H and O–H groups in total. The van der Waals surface area contributed by atoms with E-state index in [9.17, 15) is 19.2 Å². The standard InChI is InChI=1S/C24H34O8/c1-8-12(2)21(27)29-17-11-23(6,31-14(4)25)16-10-9-13(3)18(16)20-19(17)24(7,22(28)30-20)32-15(5)26/h9,12,16-20H,8,10-11H2,1-7H3. The normalized spacial score (nSPS) is 39.0. The van der Waals surface area contributed by atoms with Gasteiger partial charge < -0.3 is 18.9 Å². The second kappa shape index (κ2) is 8.52. The predicted octanol–water partition coefficient (Wildman–Crippen LogP) is 3.12. The third kappa shape index (κ3) is 4.04. The number of allylic oxidation sites excluding steroid dienone is 1. The van der Waals surface area contributed by atoms with Gasteiger partial charge in [0.15, 0.2) is 0 Å². The Labute approximate surface area is 189 Å². The highest BCUT2D eigenvalue weighted by atomic mass is 16.6. The molecular weight excluding hydrogens is 416 g/mol. The van der Waals surface area contributed by atoms with Gasteiger partial charge in [0.25, 0.3) is 0 Å². The van der Waals surface area contributed by atoms with Crippen molar-refractivity contribution in [3.63, 3.8) is 0 Å². The Morgan fingerprint density at radius 2 is 1.81 bits per heavy atom. The molecule has 178 valence electrons. The molecule has 1 heterocycles. The van der Waals surface area contributed by atoms with Crippen molar-refractivity contribution < 1.29 is 38.1 Å². The first-order chi connectivity index (χ1) is 14.8. The van der Waals surface area contributed by atoms with Crippen molar-refractivity contribution in [2.24, 2.45) is 23.7 Å². The molecule has 0 aromatic heterocycles. The molecule has 3 rings (SSSR count). The smallest absolute Gasteiger partial charge is 0.351 e. The summed E-state index contributed by atoms with van der Waals surface area (Å²) in [5.74, 6) is -3.63. The number of rotatable bonds is 5. The van der Waals surface area contributed by atoms with E-state index in [0.717, 1.165) is 5.57 Å². The Morgan fingerprint density at radius 1 is 1.19 bits per heavy atom. The van der Waals surface area contributed by atoms with Crippen molar-refractivity contribution >= 4 is 23.9 Å². The molecule has 32 heavy (non-hydrogen) atoms. The minimum Gasteiger partial charge on any atom is -0.461 e. The monoisotopic (exact) mass is 450 g/mol. The van der Waals surface area contributed by atoms with Crippen LogP contribution < -0.4 is 0 Å². The number of hydrogen-bond acceptors (Lipinski definition) is 8. The fraction of sp³-hybridized carbons (Fsp3) is 0.750. The van der Waals surface area contributed by atoms with Gasteiger partial charge in [-0.05, 0) is 33.6 Å². The van der Waals surface area contributed by atoms with Crippen molar-refractivity contribution in [1.29, 1.82) is 0 Å². The molecule has 0 spiro atoms. The minimum absolute atomic E-state index is 0.168. The highest BCUT2D eigenvalue weighted by molar-refractivity contribution is 5.85. The first-order valence-electron chi connectivity index (χ1n) is 11.3. The Morgan fingerprint density at radius 3 is 2.38 bits per heavy atom. The fourth-order valence-corrected chi connectivity index (χ4v) is 5.74. The van der Waals surface area contributed by atoms with E-state index < -0.39 is 53.2 Å². The van der Waals surface area contributed by atoms with Gasteiger partial charge in [0.2, 0.25) is 5.60 Å². The van der Waals surface area contributed by atoms with Gasteiger partial charge >= 0.3 is 23.9 Å². The number of fused-ring (bicyclic) bond motifs is 3. The molecule has 8 unspecified atom stereocenters. The lowest BCUT2D eigenvalue weighted by molar-refractivity contribution is -0.184. The van der Waals surface area contributed by atoms with E-state index in [2.05, 4.69) is 6.08 Å². The molecule has 0 aromatic carbocycles. The maximum Gasteiger partial charge on any atom is 0.351 e. The zero-order valence-corrected chi connectivity index (χ0v) is 19.9. The number of carbonyl (C=O) groups excluding carboxylic acids is 4. The van der Waals surface area contributed by atoms with E-state index >= 15 is 0 Å². The van der Waals surface area contributed by atoms with Crippen LogP contribution >= 0.6 is 0 Å². The van der Waals surface area contributed by atoms with Gasteiger partial charge in [-0.1, -0.05) is 25.5 Å². The van der Waals surface area contributed by atoms with Gasteiger partial charge in [-0.3, -0.25) is 14.4 Å². The molecule has 0 bridgehead atoms. The van der Waals surface area contributed by atoms with Gasteiger partial charge in [-0.2, -0.15) is 0 Å². The summed E-state index contributed by atoms with van der Waals surface area (Å²) in [5.41, 5.74) is -1.57. The first kappa shape index (κ1) is 24.3. The highest BCUT2D eigenvalue weighted by Gasteiger charge is 2.68. The third-order valence-corrected chi connectivity index (χ3v) is 7.45. The van der Waals surface area contributed by atoms with E-state index in [0.29, 0.717) is 12.8 Å². The van der Waals surface area contributed by atoms with Crippen LogP contribution in [0, 0.1) is 23.7 Å². The second-order valence-electron chi connectivity index (χ2n) is 9.81. The lowest BCUT2D eigenvalue weighted by atomic mass is 9.75. The molecule has 2 fully saturated rings. The molecule has 1 aliphatic heterocycles. The van der Waals surface area contributed by atoms with Gasteiger partial charge in [0, 0.05) is 32.1 Å². The highest BCUT2D eigenvalue weighted by Crippen LogP contribution is 2.56. The molecule has 0 radical (unpaired) electrons. The summed E-state index contributed by atoms with van der Waals surface area (Å²) in [4.78, 5) is 49.8. The average Bonchev–Trinajstić information content (AvgIpc) is 3.14. The summed E-state index contributed by atoms with van der Waals surface area (Å²) in [6, 6.07) is 0. The largest absolute Gasteiger partial charge is 0.461 e. The van der Waals surface area contributed by atoms with E-state index in [1.54, 1.807) is 6.92 Å². The van der Waals surface area contributed by atoms with Crippen molar-refractivity contribution in [3.8, 4) is 0 Å². The SMILES string of the molecule is CCC(C)C(=O)OC1CC(C)(OC(C)=O)C2CC=C(C)C2C2OC(=O)C(C)(OC(C)=O)C12. The molecular formula is C24H34O8. The minimum atomic E-state index is -1.62. The van der Waals surface area contributed by atoms with Crippen LogP contribution in [0.3, 0.4) is 0 Å². The van der Waals surface area contributed by atoms with Crippen molar-refractivity contribution in [1.82, 2.24) is 0 Å². The summed E-state index contributed by atoms with van der Waals surface area (Å²) in [6.45, 7) is 11.5. The second-order valence-corrected chi connectivity index (χ2v) is 9.81. The van der Waals surface area contributed by atoms with Crippen LogP contribution in [0.15, 0.2) is 11.6 Å². The van der Waals surface area contributed by atoms with Crippen LogP contribution in [0.25, 0.3) is 0 Å². The van der Waals surface area contributed by atoms with Crippen molar-refractivity contribution in [2.75, 3.05) is 0 Å². The molecule has 0 aromatic rings. The van der Waals surface area contributed by atoms with Gasteiger partial charge in [-0.15, -0.1) is 0 Å². The van der Waals surface area contributed by atoms with E-state index in [4.69, 9.17) is 18.9 Å². The van der Waals surface area contributed by atoms with Crippen LogP contribution in [0.2, 0.25) is 0 Å². The third-order valence-electron chi connectivity index (χ3n) is 7.45. The maximum absolute atomic E-state index is 13.0. The Kier molecular flexibility index (Phi) is 6.46. The molecule has 1 saturated carbocycles. The van der Waals surface area contributed by atoms with Crippen LogP contribution in [0.1, 0.15) is 67.7 Å². The fourth-order valence-electron chi connectivity index (χ4n) is 5.74. The number of ether oxygens (including phenoxy) is 4. The van der Waals surface area contributed by atoms with Crippen molar-refractivity contribution in [2.45, 2.75) is 91.1 Å². The Balaban J connectivity index is 2.14. The lowest BCUT2D eigenvalue weighted by Gasteiger charge is -2.39. The Hall–Kier alpha value is -2.38. The quantitative estimate of drug-likeness (QED) is 0.357. The average molecular weight is 451 g/mol. The number of carbonyl (C=O) groups is 4. The lowest BCUT2D eigenvalue weighted by Crippen LogP contribution is -2.51. The molecule has 1 saturated heterocycles. The predicted molar refractivity (Wildman–Crippen MR) is 113 cm³/mol. The summed E-state index contributed by atoms with van der Waals surface area (Å²) < 4.78 is 23.2. The Bertz CT molecular complexity index is 847. The van der Waals surface area contributed by atoms with E-state index in [-0.39, 0.29) is 24.2 Å². The van der Waals surface area contributed by atoms with Crippen LogP contribution in [0.5, 0.6) is 0 Å². The zero-order chi connectivity index (χ0) is 24.0. The number of esters is 4. The van der Waals surface area contributed by atoms with Crippen LogP contribution in [-0.2, 0) is 38.1 Å². The number of hydrogen-bond donors (Lipinski definition) is 0. The topological polar surface area (TPSA) is 105 Å². The summed E-state index contributed by atoms with van der Waals surface area (Å²) in [5, 5.41) is 0.